The van der Waals surface area contributed by atoms with Gasteiger partial charge in [0, 0.05) is 6.20 Å². The highest BCUT2D eigenvalue weighted by Crippen LogP contribution is 2.17. The average molecular weight is 336 g/mol. The molecule has 0 aromatic carbocycles. The molecule has 0 amide bonds. The Labute approximate surface area is 139 Å². The fourth-order valence-electron chi connectivity index (χ4n) is 1.43. The van der Waals surface area contributed by atoms with Crippen molar-refractivity contribution in [1.82, 2.24) is 4.98 Å². The number of methoxy groups -OCH3 is 1. The highest BCUT2D eigenvalue weighted by molar-refractivity contribution is 6.43. The summed E-state index contributed by atoms with van der Waals surface area (Å²) >= 11 is 0. The number of nitrogens with zero attached hydrogens (tertiary/aromatic N) is 4. The van der Waals surface area contributed by atoms with Crippen LogP contribution in [-0.2, 0) is 19.2 Å². The second kappa shape index (κ2) is 9.93. The van der Waals surface area contributed by atoms with Crippen molar-refractivity contribution in [3.63, 3.8) is 0 Å². The van der Waals surface area contributed by atoms with Crippen LogP contribution in [0.25, 0.3) is 0 Å². The van der Waals surface area contributed by atoms with Gasteiger partial charge in [-0.2, -0.15) is 0 Å². The maximum atomic E-state index is 11.8. The number of rotatable bonds is 8. The molecule has 1 aromatic rings. The van der Waals surface area contributed by atoms with Gasteiger partial charge in [-0.05, 0) is 32.9 Å². The number of pyridine rings is 1. The van der Waals surface area contributed by atoms with E-state index < -0.39 is 5.97 Å². The Hall–Kier alpha value is -2.97. The molecule has 1 aromatic heterocycles. The van der Waals surface area contributed by atoms with E-state index >= 15 is 0 Å². The van der Waals surface area contributed by atoms with Crippen LogP contribution in [0.3, 0.4) is 0 Å². The lowest BCUT2D eigenvalue weighted by Crippen LogP contribution is -2.19. The normalized spacial score (nSPS) is 12.6. The molecule has 0 N–H and O–H groups in total. The highest BCUT2D eigenvalue weighted by Gasteiger charge is 2.21. The molecule has 0 aliphatic carbocycles. The number of carbonyl (C=O) groups is 1. The van der Waals surface area contributed by atoms with Gasteiger partial charge in [0.05, 0.1) is 12.7 Å². The van der Waals surface area contributed by atoms with Gasteiger partial charge in [-0.1, -0.05) is 15.5 Å². The molecule has 0 unspecified atom stereocenters. The molecule has 0 aliphatic heterocycles. The lowest BCUT2D eigenvalue weighted by atomic mass is 10.1. The standard InChI is InChI=1S/C15H20N4O5/c1-6-23-17-10(2)11(3)18-24-14-12(8-7-9-16-14)13(19-22-5)15(20)21-4/h7-9H,6H2,1-5H3/b17-10-,18-11+,19-13+. The maximum absolute atomic E-state index is 11.8. The predicted molar refractivity (Wildman–Crippen MR) is 88.3 cm³/mol. The van der Waals surface area contributed by atoms with Crippen LogP contribution >= 0.6 is 0 Å². The summed E-state index contributed by atoms with van der Waals surface area (Å²) < 4.78 is 4.68. The van der Waals surface area contributed by atoms with Crippen LogP contribution in [0.4, 0.5) is 0 Å². The molecule has 0 fully saturated rings. The lowest BCUT2D eigenvalue weighted by Gasteiger charge is -2.07. The first-order valence-electron chi connectivity index (χ1n) is 7.08. The topological polar surface area (TPSA) is 104 Å². The van der Waals surface area contributed by atoms with Gasteiger partial charge < -0.3 is 19.2 Å². The minimum absolute atomic E-state index is 0.0715. The first kappa shape index (κ1) is 19.1. The molecule has 9 nitrogen and oxygen atoms in total. The Bertz CT molecular complexity index is 655. The van der Waals surface area contributed by atoms with E-state index in [1.807, 2.05) is 6.92 Å². The third-order valence-electron chi connectivity index (χ3n) is 2.71. The van der Waals surface area contributed by atoms with E-state index in [0.717, 1.165) is 0 Å². The number of hydrogen-bond acceptors (Lipinski definition) is 9. The van der Waals surface area contributed by atoms with E-state index in [2.05, 4.69) is 30.0 Å². The van der Waals surface area contributed by atoms with Gasteiger partial charge in [0.25, 0.3) is 5.88 Å². The molecule has 1 heterocycles. The fraction of sp³-hybridized carbons (Fsp3) is 0.400. The summed E-state index contributed by atoms with van der Waals surface area (Å²) in [5.41, 5.74) is 1.23. The van der Waals surface area contributed by atoms with Gasteiger partial charge >= 0.3 is 5.97 Å². The van der Waals surface area contributed by atoms with Crippen molar-refractivity contribution in [2.24, 2.45) is 15.5 Å². The average Bonchev–Trinajstić information content (AvgIpc) is 2.61. The number of hydrogen-bond donors (Lipinski definition) is 0. The molecular formula is C15H20N4O5. The number of ether oxygens (including phenoxy) is 1. The molecule has 0 bridgehead atoms. The van der Waals surface area contributed by atoms with Crippen molar-refractivity contribution in [2.75, 3.05) is 20.8 Å². The second-order valence-electron chi connectivity index (χ2n) is 4.33. The van der Waals surface area contributed by atoms with Crippen molar-refractivity contribution in [2.45, 2.75) is 20.8 Å². The van der Waals surface area contributed by atoms with E-state index in [-0.39, 0.29) is 17.2 Å². The van der Waals surface area contributed by atoms with Gasteiger partial charge in [0.1, 0.15) is 25.1 Å². The third kappa shape index (κ3) is 5.34. The zero-order chi connectivity index (χ0) is 17.9. The van der Waals surface area contributed by atoms with E-state index in [1.165, 1.54) is 20.4 Å². The summed E-state index contributed by atoms with van der Waals surface area (Å²) in [6, 6.07) is 3.21. The minimum Gasteiger partial charge on any atom is -0.464 e. The van der Waals surface area contributed by atoms with Crippen LogP contribution in [0, 0.1) is 0 Å². The SMILES string of the molecule is CCO/N=C(C)\C(C)=N\Oc1ncccc1/C(=N\OC)C(=O)OC. The van der Waals surface area contributed by atoms with E-state index in [4.69, 9.17) is 9.68 Å². The molecule has 0 atom stereocenters. The first-order valence-corrected chi connectivity index (χ1v) is 7.08. The third-order valence-corrected chi connectivity index (χ3v) is 2.71. The van der Waals surface area contributed by atoms with Crippen LogP contribution in [0.1, 0.15) is 26.3 Å². The molecule has 0 spiro atoms. The van der Waals surface area contributed by atoms with Gasteiger partial charge in [0.15, 0.2) is 5.71 Å². The Kier molecular flexibility index (Phi) is 7.89. The van der Waals surface area contributed by atoms with Gasteiger partial charge in [-0.25, -0.2) is 9.78 Å². The van der Waals surface area contributed by atoms with Crippen LogP contribution in [0.15, 0.2) is 33.8 Å². The van der Waals surface area contributed by atoms with E-state index in [1.54, 1.807) is 26.0 Å². The summed E-state index contributed by atoms with van der Waals surface area (Å²) in [6.07, 6.45) is 1.49. The summed E-state index contributed by atoms with van der Waals surface area (Å²) in [4.78, 5) is 30.8. The zero-order valence-electron chi connectivity index (χ0n) is 14.3. The molecule has 0 aliphatic rings. The van der Waals surface area contributed by atoms with Gasteiger partial charge in [-0.3, -0.25) is 0 Å². The molecule has 0 radical (unpaired) electrons. The maximum Gasteiger partial charge on any atom is 0.360 e. The van der Waals surface area contributed by atoms with Crippen LogP contribution in [-0.4, -0.2) is 48.9 Å². The molecular weight excluding hydrogens is 316 g/mol. The monoisotopic (exact) mass is 336 g/mol. The Morgan fingerprint density at radius 1 is 1.17 bits per heavy atom. The molecule has 24 heavy (non-hydrogen) atoms. The molecule has 0 saturated carbocycles. The van der Waals surface area contributed by atoms with Crippen LogP contribution in [0.2, 0.25) is 0 Å². The summed E-state index contributed by atoms with van der Waals surface area (Å²) in [6.45, 7) is 5.70. The number of aromatic nitrogens is 1. The van der Waals surface area contributed by atoms with Gasteiger partial charge in [0.2, 0.25) is 0 Å². The second-order valence-corrected chi connectivity index (χ2v) is 4.33. The minimum atomic E-state index is -0.690. The molecule has 0 saturated heterocycles. The van der Waals surface area contributed by atoms with Crippen LogP contribution in [0.5, 0.6) is 5.88 Å². The van der Waals surface area contributed by atoms with Gasteiger partial charge in [-0.15, -0.1) is 0 Å². The summed E-state index contributed by atoms with van der Waals surface area (Å²) in [7, 11) is 2.55. The Balaban J connectivity index is 3.10. The quantitative estimate of drug-likeness (QED) is 0.407. The van der Waals surface area contributed by atoms with Crippen LogP contribution < -0.4 is 4.84 Å². The van der Waals surface area contributed by atoms with Crippen molar-refractivity contribution in [3.05, 3.63) is 23.9 Å². The molecule has 1 rings (SSSR count). The highest BCUT2D eigenvalue weighted by atomic mass is 16.6. The lowest BCUT2D eigenvalue weighted by molar-refractivity contribution is -0.132. The first-order chi connectivity index (χ1) is 11.5. The number of oxime groups is 3. The number of esters is 1. The molecule has 130 valence electrons. The zero-order valence-corrected chi connectivity index (χ0v) is 14.3. The van der Waals surface area contributed by atoms with Crippen molar-refractivity contribution < 1.29 is 24.0 Å². The molecule has 9 heteroatoms. The van der Waals surface area contributed by atoms with E-state index in [0.29, 0.717) is 18.0 Å². The van der Waals surface area contributed by atoms with E-state index in [9.17, 15) is 4.79 Å². The van der Waals surface area contributed by atoms with Crippen molar-refractivity contribution in [3.8, 4) is 5.88 Å². The number of carbonyl (C=O) groups excluding carboxylic acids is 1. The summed E-state index contributed by atoms with van der Waals surface area (Å²) in [5.74, 6) is -0.619. The fourth-order valence-corrected chi connectivity index (χ4v) is 1.43. The Morgan fingerprint density at radius 3 is 2.50 bits per heavy atom. The summed E-state index contributed by atoms with van der Waals surface area (Å²) in [5, 5.41) is 11.4. The smallest absolute Gasteiger partial charge is 0.360 e. The van der Waals surface area contributed by atoms with Crippen molar-refractivity contribution in [1.29, 1.82) is 0 Å². The Morgan fingerprint density at radius 2 is 1.88 bits per heavy atom. The predicted octanol–water partition coefficient (Wildman–Crippen LogP) is 1.77. The van der Waals surface area contributed by atoms with Crippen molar-refractivity contribution >= 4 is 23.1 Å². The largest absolute Gasteiger partial charge is 0.464 e.